The summed E-state index contributed by atoms with van der Waals surface area (Å²) in [6, 6.07) is 13.9. The van der Waals surface area contributed by atoms with Gasteiger partial charge >= 0.3 is 5.97 Å². The van der Waals surface area contributed by atoms with Gasteiger partial charge < -0.3 is 25.0 Å². The molecule has 2 aromatic carbocycles. The molecule has 3 aromatic rings. The van der Waals surface area contributed by atoms with E-state index in [2.05, 4.69) is 22.6 Å². The van der Waals surface area contributed by atoms with Crippen LogP contribution in [-0.4, -0.2) is 37.5 Å². The Kier molecular flexibility index (Phi) is 5.32. The molecule has 2 aliphatic rings. The average Bonchev–Trinajstić information content (AvgIpc) is 3.17. The Bertz CT molecular complexity index is 1170. The normalized spacial score (nSPS) is 17.6. The summed E-state index contributed by atoms with van der Waals surface area (Å²) in [5, 5.41) is 7.44. The maximum Gasteiger partial charge on any atom is 0.343 e. The first-order chi connectivity index (χ1) is 15.5. The van der Waals surface area contributed by atoms with Crippen LogP contribution in [0.4, 0.5) is 5.00 Å². The van der Waals surface area contributed by atoms with Gasteiger partial charge in [-0.3, -0.25) is 4.79 Å². The Hall–Kier alpha value is -3.36. The minimum Gasteiger partial charge on any atom is -0.497 e. The molecular weight excluding hydrogens is 426 g/mol. The van der Waals surface area contributed by atoms with Crippen molar-refractivity contribution in [3.05, 3.63) is 75.7 Å². The number of likely N-dealkylation sites (N-methyl/N-ethyl adjacent to an activating group) is 1. The number of anilines is 1. The first-order valence-electron chi connectivity index (χ1n) is 10.4. The number of amides is 1. The second-order valence-electron chi connectivity index (χ2n) is 7.93. The van der Waals surface area contributed by atoms with E-state index >= 15 is 0 Å². The number of rotatable bonds is 4. The molecule has 1 amide bonds. The standard InChI is InChI=1S/C24H23N3O4S/c1-27-12-11-18-19(13-27)32-23-20(18)22(28)25-21(26-23)14-3-9-17(10-4-14)31-24(29)15-5-7-16(30-2)8-6-15/h3-10,21,26H,11-13H2,1-2H3,(H,25,28). The summed E-state index contributed by atoms with van der Waals surface area (Å²) < 4.78 is 10.6. The lowest BCUT2D eigenvalue weighted by Crippen LogP contribution is -2.38. The van der Waals surface area contributed by atoms with Crippen LogP contribution in [0, 0.1) is 0 Å². The van der Waals surface area contributed by atoms with Crippen molar-refractivity contribution in [1.82, 2.24) is 10.2 Å². The van der Waals surface area contributed by atoms with Gasteiger partial charge in [0.25, 0.3) is 5.91 Å². The van der Waals surface area contributed by atoms with Crippen LogP contribution < -0.4 is 20.1 Å². The third-order valence-electron chi connectivity index (χ3n) is 5.78. The molecule has 8 heteroatoms. The molecule has 7 nitrogen and oxygen atoms in total. The van der Waals surface area contributed by atoms with Crippen LogP contribution in [0.1, 0.15) is 42.9 Å². The van der Waals surface area contributed by atoms with E-state index < -0.39 is 5.97 Å². The second kappa shape index (κ2) is 8.29. The van der Waals surface area contributed by atoms with Crippen molar-refractivity contribution in [2.75, 3.05) is 26.0 Å². The van der Waals surface area contributed by atoms with Gasteiger partial charge in [-0.2, -0.15) is 0 Å². The highest BCUT2D eigenvalue weighted by atomic mass is 32.1. The molecule has 2 N–H and O–H groups in total. The molecule has 1 aromatic heterocycles. The third-order valence-corrected chi connectivity index (χ3v) is 6.92. The molecule has 0 fully saturated rings. The number of esters is 1. The molecule has 0 saturated carbocycles. The topological polar surface area (TPSA) is 79.9 Å². The highest BCUT2D eigenvalue weighted by Crippen LogP contribution is 2.40. The Morgan fingerprint density at radius 1 is 1.06 bits per heavy atom. The fourth-order valence-electron chi connectivity index (χ4n) is 4.03. The molecule has 3 heterocycles. The summed E-state index contributed by atoms with van der Waals surface area (Å²) in [5.41, 5.74) is 3.29. The lowest BCUT2D eigenvalue weighted by atomic mass is 10.0. The van der Waals surface area contributed by atoms with E-state index in [9.17, 15) is 9.59 Å². The second-order valence-corrected chi connectivity index (χ2v) is 9.04. The minimum absolute atomic E-state index is 0.0409. The molecule has 5 rings (SSSR count). The molecule has 0 aliphatic carbocycles. The van der Waals surface area contributed by atoms with Crippen LogP contribution in [0.25, 0.3) is 0 Å². The van der Waals surface area contributed by atoms with Crippen molar-refractivity contribution >= 4 is 28.2 Å². The number of nitrogens with one attached hydrogen (secondary N) is 2. The number of ether oxygens (including phenoxy) is 2. The SMILES string of the molecule is COc1ccc(C(=O)Oc2ccc(C3NC(=O)c4c(sc5c4CCN(C)C5)N3)cc2)cc1. The third kappa shape index (κ3) is 3.83. The van der Waals surface area contributed by atoms with Crippen LogP contribution in [0.15, 0.2) is 48.5 Å². The fourth-order valence-corrected chi connectivity index (χ4v) is 5.38. The molecule has 1 unspecified atom stereocenters. The van der Waals surface area contributed by atoms with Crippen LogP contribution >= 0.6 is 11.3 Å². The predicted octanol–water partition coefficient (Wildman–Crippen LogP) is 3.82. The number of thiophene rings is 1. The van der Waals surface area contributed by atoms with E-state index in [1.807, 2.05) is 12.1 Å². The van der Waals surface area contributed by atoms with Gasteiger partial charge in [0.05, 0.1) is 18.2 Å². The number of carbonyl (C=O) groups is 2. The lowest BCUT2D eigenvalue weighted by Gasteiger charge is -2.27. The summed E-state index contributed by atoms with van der Waals surface area (Å²) in [6.07, 6.45) is 0.560. The maximum absolute atomic E-state index is 12.9. The molecule has 32 heavy (non-hydrogen) atoms. The summed E-state index contributed by atoms with van der Waals surface area (Å²) >= 11 is 1.66. The number of fused-ring (bicyclic) bond motifs is 3. The van der Waals surface area contributed by atoms with Gasteiger partial charge in [0, 0.05) is 18.0 Å². The monoisotopic (exact) mass is 449 g/mol. The highest BCUT2D eigenvalue weighted by molar-refractivity contribution is 7.16. The van der Waals surface area contributed by atoms with Crippen LogP contribution in [0.5, 0.6) is 11.5 Å². The van der Waals surface area contributed by atoms with Crippen molar-refractivity contribution in [1.29, 1.82) is 0 Å². The van der Waals surface area contributed by atoms with Crippen molar-refractivity contribution in [2.24, 2.45) is 0 Å². The predicted molar refractivity (Wildman–Crippen MR) is 123 cm³/mol. The molecule has 1 atom stereocenters. The zero-order valence-electron chi connectivity index (χ0n) is 17.8. The van der Waals surface area contributed by atoms with E-state index in [0.29, 0.717) is 17.1 Å². The number of nitrogens with zero attached hydrogens (tertiary/aromatic N) is 1. The molecule has 164 valence electrons. The molecule has 0 spiro atoms. The van der Waals surface area contributed by atoms with Crippen LogP contribution in [0.3, 0.4) is 0 Å². The van der Waals surface area contributed by atoms with E-state index in [1.54, 1.807) is 54.8 Å². The number of hydrogen-bond donors (Lipinski definition) is 2. The van der Waals surface area contributed by atoms with Crippen LogP contribution in [0.2, 0.25) is 0 Å². The van der Waals surface area contributed by atoms with Crippen molar-refractivity contribution in [3.8, 4) is 11.5 Å². The smallest absolute Gasteiger partial charge is 0.343 e. The average molecular weight is 450 g/mol. The largest absolute Gasteiger partial charge is 0.497 e. The molecule has 0 radical (unpaired) electrons. The Morgan fingerprint density at radius 2 is 1.78 bits per heavy atom. The van der Waals surface area contributed by atoms with E-state index in [-0.39, 0.29) is 12.1 Å². The van der Waals surface area contributed by atoms with Gasteiger partial charge in [0.1, 0.15) is 22.7 Å². The quantitative estimate of drug-likeness (QED) is 0.466. The Balaban J connectivity index is 1.29. The zero-order chi connectivity index (χ0) is 22.2. The number of hydrogen-bond acceptors (Lipinski definition) is 7. The van der Waals surface area contributed by atoms with Crippen molar-refractivity contribution in [3.63, 3.8) is 0 Å². The van der Waals surface area contributed by atoms with Gasteiger partial charge in [-0.25, -0.2) is 4.79 Å². The van der Waals surface area contributed by atoms with Crippen molar-refractivity contribution < 1.29 is 19.1 Å². The summed E-state index contributed by atoms with van der Waals surface area (Å²) in [5.74, 6) is 0.630. The molecule has 0 bridgehead atoms. The minimum atomic E-state index is -0.441. The van der Waals surface area contributed by atoms with E-state index in [0.717, 1.165) is 35.6 Å². The van der Waals surface area contributed by atoms with Gasteiger partial charge in [0.2, 0.25) is 0 Å². The van der Waals surface area contributed by atoms with Gasteiger partial charge in [-0.05, 0) is 61.0 Å². The lowest BCUT2D eigenvalue weighted by molar-refractivity contribution is 0.0734. The molecule has 2 aliphatic heterocycles. The summed E-state index contributed by atoms with van der Waals surface area (Å²) in [6.45, 7) is 1.84. The first kappa shape index (κ1) is 20.5. The van der Waals surface area contributed by atoms with Crippen LogP contribution in [-0.2, 0) is 13.0 Å². The summed E-state index contributed by atoms with van der Waals surface area (Å²) in [4.78, 5) is 28.8. The maximum atomic E-state index is 12.9. The molecule has 0 saturated heterocycles. The fraction of sp³-hybridized carbons (Fsp3) is 0.250. The zero-order valence-corrected chi connectivity index (χ0v) is 18.6. The number of benzene rings is 2. The Morgan fingerprint density at radius 3 is 2.50 bits per heavy atom. The highest BCUT2D eigenvalue weighted by Gasteiger charge is 2.32. The Labute approximate surface area is 190 Å². The summed E-state index contributed by atoms with van der Waals surface area (Å²) in [7, 11) is 3.67. The van der Waals surface area contributed by atoms with Gasteiger partial charge in [-0.1, -0.05) is 12.1 Å². The van der Waals surface area contributed by atoms with E-state index in [1.165, 1.54) is 10.4 Å². The van der Waals surface area contributed by atoms with Gasteiger partial charge in [0.15, 0.2) is 0 Å². The number of methoxy groups -OCH3 is 1. The molecular formula is C24H23N3O4S. The van der Waals surface area contributed by atoms with Gasteiger partial charge in [-0.15, -0.1) is 11.3 Å². The van der Waals surface area contributed by atoms with Crippen molar-refractivity contribution in [2.45, 2.75) is 19.1 Å². The first-order valence-corrected chi connectivity index (χ1v) is 11.2. The van der Waals surface area contributed by atoms with E-state index in [4.69, 9.17) is 9.47 Å². The number of carbonyl (C=O) groups excluding carboxylic acids is 2.